The van der Waals surface area contributed by atoms with Gasteiger partial charge in [0.15, 0.2) is 5.96 Å². The standard InChI is InChI=1S/C19H29F3N4O.HI/c1-3-23-18(24-12-15(2)14-26-7-9-27-10-8-26)25-13-16-5-4-6-17(11-16)19(20,21)22;/h4-6,11,15H,3,7-10,12-14H2,1-2H3,(H2,23,24,25);1H. The molecule has 28 heavy (non-hydrogen) atoms. The van der Waals surface area contributed by atoms with Crippen LogP contribution in [0.5, 0.6) is 0 Å². The monoisotopic (exact) mass is 514 g/mol. The second kappa shape index (κ2) is 12.5. The van der Waals surface area contributed by atoms with E-state index in [-0.39, 0.29) is 30.5 Å². The first-order valence-corrected chi connectivity index (χ1v) is 9.37. The highest BCUT2D eigenvalue weighted by atomic mass is 127. The van der Waals surface area contributed by atoms with E-state index in [9.17, 15) is 13.2 Å². The van der Waals surface area contributed by atoms with Gasteiger partial charge in [-0.2, -0.15) is 13.2 Å². The highest BCUT2D eigenvalue weighted by Crippen LogP contribution is 2.29. The molecule has 160 valence electrons. The molecule has 0 aromatic heterocycles. The molecule has 1 unspecified atom stereocenters. The molecular weight excluding hydrogens is 484 g/mol. The number of nitrogens with one attached hydrogen (secondary N) is 2. The number of hydrogen-bond acceptors (Lipinski definition) is 3. The molecule has 2 N–H and O–H groups in total. The zero-order valence-corrected chi connectivity index (χ0v) is 18.7. The summed E-state index contributed by atoms with van der Waals surface area (Å²) >= 11 is 0. The van der Waals surface area contributed by atoms with Crippen molar-refractivity contribution in [2.75, 3.05) is 45.9 Å². The number of aliphatic imine (C=N–C) groups is 1. The van der Waals surface area contributed by atoms with Gasteiger partial charge in [0.1, 0.15) is 0 Å². The van der Waals surface area contributed by atoms with Gasteiger partial charge < -0.3 is 15.4 Å². The number of benzene rings is 1. The average Bonchev–Trinajstić information content (AvgIpc) is 2.64. The fraction of sp³-hybridized carbons (Fsp3) is 0.632. The lowest BCUT2D eigenvalue weighted by atomic mass is 10.1. The van der Waals surface area contributed by atoms with Crippen molar-refractivity contribution in [1.82, 2.24) is 15.5 Å². The lowest BCUT2D eigenvalue weighted by molar-refractivity contribution is -0.137. The summed E-state index contributed by atoms with van der Waals surface area (Å²) in [5.41, 5.74) is -0.115. The van der Waals surface area contributed by atoms with Crippen LogP contribution in [0.4, 0.5) is 13.2 Å². The van der Waals surface area contributed by atoms with Crippen molar-refractivity contribution >= 4 is 29.9 Å². The van der Waals surface area contributed by atoms with E-state index in [0.717, 1.165) is 51.5 Å². The van der Waals surface area contributed by atoms with Gasteiger partial charge in [-0.05, 0) is 30.5 Å². The number of morpholine rings is 1. The number of nitrogens with zero attached hydrogens (tertiary/aromatic N) is 2. The zero-order valence-electron chi connectivity index (χ0n) is 16.4. The quantitative estimate of drug-likeness (QED) is 0.333. The average molecular weight is 514 g/mol. The largest absolute Gasteiger partial charge is 0.416 e. The van der Waals surface area contributed by atoms with Gasteiger partial charge in [0.2, 0.25) is 0 Å². The first-order chi connectivity index (χ1) is 12.9. The van der Waals surface area contributed by atoms with Crippen molar-refractivity contribution in [2.45, 2.75) is 26.6 Å². The normalized spacial score (nSPS) is 17.0. The Morgan fingerprint density at radius 1 is 1.25 bits per heavy atom. The van der Waals surface area contributed by atoms with Crippen molar-refractivity contribution in [2.24, 2.45) is 10.9 Å². The highest BCUT2D eigenvalue weighted by Gasteiger charge is 2.30. The molecule has 1 aliphatic rings. The maximum atomic E-state index is 12.8. The van der Waals surface area contributed by atoms with Crippen molar-refractivity contribution in [3.05, 3.63) is 35.4 Å². The predicted molar refractivity (Wildman–Crippen MR) is 116 cm³/mol. The summed E-state index contributed by atoms with van der Waals surface area (Å²) in [6, 6.07) is 5.29. The van der Waals surface area contributed by atoms with E-state index in [2.05, 4.69) is 27.4 Å². The Morgan fingerprint density at radius 3 is 2.61 bits per heavy atom. The molecule has 5 nitrogen and oxygen atoms in total. The van der Waals surface area contributed by atoms with Crippen LogP contribution >= 0.6 is 24.0 Å². The topological polar surface area (TPSA) is 48.9 Å². The van der Waals surface area contributed by atoms with Crippen LogP contribution in [0.1, 0.15) is 25.0 Å². The van der Waals surface area contributed by atoms with Gasteiger partial charge in [-0.15, -0.1) is 24.0 Å². The van der Waals surface area contributed by atoms with Gasteiger partial charge in [0.05, 0.1) is 25.3 Å². The molecule has 1 atom stereocenters. The molecule has 0 spiro atoms. The van der Waals surface area contributed by atoms with Gasteiger partial charge >= 0.3 is 6.18 Å². The minimum atomic E-state index is -4.34. The fourth-order valence-electron chi connectivity index (χ4n) is 2.92. The Morgan fingerprint density at radius 2 is 1.96 bits per heavy atom. The third-order valence-electron chi connectivity index (χ3n) is 4.31. The van der Waals surface area contributed by atoms with Gasteiger partial charge in [-0.1, -0.05) is 19.1 Å². The number of rotatable bonds is 7. The molecule has 0 radical (unpaired) electrons. The number of halogens is 4. The van der Waals surface area contributed by atoms with Crippen LogP contribution < -0.4 is 10.6 Å². The molecule has 0 amide bonds. The Kier molecular flexibility index (Phi) is 11.1. The Labute approximate surface area is 182 Å². The van der Waals surface area contributed by atoms with Crippen molar-refractivity contribution < 1.29 is 17.9 Å². The van der Waals surface area contributed by atoms with Crippen molar-refractivity contribution in [3.8, 4) is 0 Å². The Bertz CT molecular complexity index is 607. The lowest BCUT2D eigenvalue weighted by Crippen LogP contribution is -2.44. The third-order valence-corrected chi connectivity index (χ3v) is 4.31. The van der Waals surface area contributed by atoms with E-state index in [1.54, 1.807) is 6.07 Å². The molecule has 0 bridgehead atoms. The SMILES string of the molecule is CCNC(=NCc1cccc(C(F)(F)F)c1)NCC(C)CN1CCOCC1.I. The van der Waals surface area contributed by atoms with E-state index in [1.807, 2.05) is 6.92 Å². The summed E-state index contributed by atoms with van der Waals surface area (Å²) < 4.78 is 43.8. The van der Waals surface area contributed by atoms with Crippen LogP contribution in [0.15, 0.2) is 29.3 Å². The van der Waals surface area contributed by atoms with Gasteiger partial charge in [-0.3, -0.25) is 4.90 Å². The van der Waals surface area contributed by atoms with Gasteiger partial charge in [0.25, 0.3) is 0 Å². The van der Waals surface area contributed by atoms with Crippen LogP contribution in [0, 0.1) is 5.92 Å². The van der Waals surface area contributed by atoms with Crippen LogP contribution in [-0.2, 0) is 17.5 Å². The molecule has 1 aliphatic heterocycles. The maximum Gasteiger partial charge on any atom is 0.416 e. The minimum absolute atomic E-state index is 0. The molecule has 0 saturated carbocycles. The summed E-state index contributed by atoms with van der Waals surface area (Å²) in [6.45, 7) is 10.2. The lowest BCUT2D eigenvalue weighted by Gasteiger charge is -2.29. The Hall–Kier alpha value is -1.07. The number of hydrogen-bond donors (Lipinski definition) is 2. The third kappa shape index (κ3) is 8.95. The summed E-state index contributed by atoms with van der Waals surface area (Å²) in [6.07, 6.45) is -4.34. The summed E-state index contributed by atoms with van der Waals surface area (Å²) in [5, 5.41) is 6.42. The van der Waals surface area contributed by atoms with Gasteiger partial charge in [-0.25, -0.2) is 4.99 Å². The molecule has 9 heteroatoms. The minimum Gasteiger partial charge on any atom is -0.379 e. The second-order valence-electron chi connectivity index (χ2n) is 6.79. The number of guanidine groups is 1. The molecule has 1 aromatic rings. The van der Waals surface area contributed by atoms with E-state index < -0.39 is 11.7 Å². The van der Waals surface area contributed by atoms with Gasteiger partial charge in [0, 0.05) is 32.7 Å². The van der Waals surface area contributed by atoms with Crippen molar-refractivity contribution in [3.63, 3.8) is 0 Å². The molecule has 2 rings (SSSR count). The summed E-state index contributed by atoms with van der Waals surface area (Å²) in [7, 11) is 0. The summed E-state index contributed by atoms with van der Waals surface area (Å²) in [5.74, 6) is 1.03. The predicted octanol–water partition coefficient (Wildman–Crippen LogP) is 3.35. The zero-order chi connectivity index (χ0) is 19.7. The van der Waals surface area contributed by atoms with Crippen LogP contribution in [0.25, 0.3) is 0 Å². The van der Waals surface area contributed by atoms with E-state index in [4.69, 9.17) is 4.74 Å². The molecule has 1 aromatic carbocycles. The van der Waals surface area contributed by atoms with E-state index >= 15 is 0 Å². The number of ether oxygens (including phenoxy) is 1. The van der Waals surface area contributed by atoms with Crippen molar-refractivity contribution in [1.29, 1.82) is 0 Å². The van der Waals surface area contributed by atoms with Crippen LogP contribution in [-0.4, -0.2) is 56.8 Å². The molecule has 1 heterocycles. The second-order valence-corrected chi connectivity index (χ2v) is 6.79. The molecule has 0 aliphatic carbocycles. The van der Waals surface area contributed by atoms with E-state index in [1.165, 1.54) is 6.07 Å². The molecule has 1 fully saturated rings. The highest BCUT2D eigenvalue weighted by molar-refractivity contribution is 14.0. The smallest absolute Gasteiger partial charge is 0.379 e. The first kappa shape index (κ1) is 25.0. The first-order valence-electron chi connectivity index (χ1n) is 9.37. The summed E-state index contributed by atoms with van der Waals surface area (Å²) in [4.78, 5) is 6.80. The van der Waals surface area contributed by atoms with Crippen LogP contribution in [0.2, 0.25) is 0 Å². The fourth-order valence-corrected chi connectivity index (χ4v) is 2.92. The Balaban J connectivity index is 0.00000392. The molecule has 1 saturated heterocycles. The molecular formula is C19H30F3IN4O. The number of alkyl halides is 3. The van der Waals surface area contributed by atoms with Crippen LogP contribution in [0.3, 0.4) is 0 Å². The van der Waals surface area contributed by atoms with E-state index in [0.29, 0.717) is 24.0 Å². The maximum absolute atomic E-state index is 12.8.